The fourth-order valence-electron chi connectivity index (χ4n) is 2.49. The third-order valence-corrected chi connectivity index (χ3v) is 6.97. The first-order valence-electron chi connectivity index (χ1n) is 8.35. The summed E-state index contributed by atoms with van der Waals surface area (Å²) in [6.45, 7) is 3.43. The maximum absolute atomic E-state index is 12.6. The van der Waals surface area contributed by atoms with E-state index in [1.807, 2.05) is 0 Å². The minimum absolute atomic E-state index is 0.0118. The van der Waals surface area contributed by atoms with Crippen LogP contribution in [0.15, 0.2) is 41.3 Å². The molecule has 0 aliphatic carbocycles. The van der Waals surface area contributed by atoms with Crippen LogP contribution >= 0.6 is 11.6 Å². The second kappa shape index (κ2) is 8.50. The van der Waals surface area contributed by atoms with Gasteiger partial charge in [-0.3, -0.25) is 9.52 Å². The van der Waals surface area contributed by atoms with Gasteiger partial charge in [-0.05, 0) is 49.2 Å². The van der Waals surface area contributed by atoms with E-state index in [2.05, 4.69) is 10.0 Å². The number of carbonyl (C=O) groups is 1. The molecule has 2 aromatic carbocycles. The van der Waals surface area contributed by atoms with Crippen molar-refractivity contribution in [3.8, 4) is 0 Å². The van der Waals surface area contributed by atoms with Crippen LogP contribution in [-0.4, -0.2) is 34.8 Å². The molecule has 152 valence electrons. The number of halogens is 1. The van der Waals surface area contributed by atoms with Crippen molar-refractivity contribution in [2.75, 3.05) is 22.0 Å². The first-order chi connectivity index (χ1) is 12.9. The van der Waals surface area contributed by atoms with Gasteiger partial charge in [0, 0.05) is 17.5 Å². The minimum Gasteiger partial charge on any atom is -0.322 e. The van der Waals surface area contributed by atoms with E-state index in [4.69, 9.17) is 11.6 Å². The van der Waals surface area contributed by atoms with E-state index in [-0.39, 0.29) is 21.2 Å². The SMILES string of the molecule is CCCS(=O)(=O)Nc1cccc(NC(=O)c2ccc(Cl)c(S(C)(=O)=O)c2)c1C. The molecule has 0 radical (unpaired) electrons. The lowest BCUT2D eigenvalue weighted by Crippen LogP contribution is -2.18. The van der Waals surface area contributed by atoms with Gasteiger partial charge in [-0.15, -0.1) is 0 Å². The number of nitrogens with one attached hydrogen (secondary N) is 2. The maximum atomic E-state index is 12.6. The number of sulfone groups is 1. The van der Waals surface area contributed by atoms with Gasteiger partial charge in [0.1, 0.15) is 0 Å². The number of rotatable bonds is 7. The zero-order valence-corrected chi connectivity index (χ0v) is 18.0. The van der Waals surface area contributed by atoms with E-state index < -0.39 is 25.8 Å². The smallest absolute Gasteiger partial charge is 0.255 e. The number of benzene rings is 2. The summed E-state index contributed by atoms with van der Waals surface area (Å²) in [4.78, 5) is 12.4. The molecule has 0 aliphatic heterocycles. The second-order valence-electron chi connectivity index (χ2n) is 6.27. The minimum atomic E-state index is -3.59. The van der Waals surface area contributed by atoms with Crippen LogP contribution < -0.4 is 10.0 Å². The zero-order chi connectivity index (χ0) is 21.1. The van der Waals surface area contributed by atoms with E-state index in [1.165, 1.54) is 18.2 Å². The highest BCUT2D eigenvalue weighted by Gasteiger charge is 2.17. The molecule has 2 rings (SSSR count). The van der Waals surface area contributed by atoms with Gasteiger partial charge in [-0.2, -0.15) is 0 Å². The Balaban J connectivity index is 2.32. The summed E-state index contributed by atoms with van der Waals surface area (Å²) in [7, 11) is -7.07. The monoisotopic (exact) mass is 444 g/mol. The molecule has 0 bridgehead atoms. The van der Waals surface area contributed by atoms with Crippen molar-refractivity contribution >= 4 is 48.7 Å². The van der Waals surface area contributed by atoms with Crippen LogP contribution in [0.5, 0.6) is 0 Å². The van der Waals surface area contributed by atoms with Gasteiger partial charge in [0.2, 0.25) is 10.0 Å². The molecule has 0 aliphatic rings. The molecule has 0 atom stereocenters. The van der Waals surface area contributed by atoms with Gasteiger partial charge in [0.15, 0.2) is 9.84 Å². The lowest BCUT2D eigenvalue weighted by Gasteiger charge is -2.14. The molecule has 0 fully saturated rings. The highest BCUT2D eigenvalue weighted by atomic mass is 35.5. The van der Waals surface area contributed by atoms with Gasteiger partial charge < -0.3 is 5.32 Å². The van der Waals surface area contributed by atoms with E-state index in [1.54, 1.807) is 32.0 Å². The van der Waals surface area contributed by atoms with Gasteiger partial charge in [-0.1, -0.05) is 24.6 Å². The van der Waals surface area contributed by atoms with Crippen LogP contribution in [0.3, 0.4) is 0 Å². The molecule has 0 spiro atoms. The summed E-state index contributed by atoms with van der Waals surface area (Å²) >= 11 is 5.90. The molecule has 0 saturated heterocycles. The van der Waals surface area contributed by atoms with E-state index in [0.29, 0.717) is 23.4 Å². The molecule has 1 amide bonds. The van der Waals surface area contributed by atoms with Crippen molar-refractivity contribution < 1.29 is 21.6 Å². The highest BCUT2D eigenvalue weighted by Crippen LogP contribution is 2.26. The Hall–Kier alpha value is -2.10. The molecule has 0 unspecified atom stereocenters. The summed E-state index contributed by atoms with van der Waals surface area (Å²) in [5, 5.41) is 2.70. The van der Waals surface area contributed by atoms with Crippen LogP contribution in [0.25, 0.3) is 0 Å². The number of sulfonamides is 1. The highest BCUT2D eigenvalue weighted by molar-refractivity contribution is 7.92. The number of anilines is 2. The van der Waals surface area contributed by atoms with Crippen LogP contribution in [0.2, 0.25) is 5.02 Å². The van der Waals surface area contributed by atoms with Crippen molar-refractivity contribution in [2.45, 2.75) is 25.2 Å². The molecule has 7 nitrogen and oxygen atoms in total. The van der Waals surface area contributed by atoms with Crippen molar-refractivity contribution in [1.82, 2.24) is 0 Å². The Morgan fingerprint density at radius 3 is 2.32 bits per heavy atom. The number of hydrogen-bond acceptors (Lipinski definition) is 5. The Morgan fingerprint density at radius 1 is 1.07 bits per heavy atom. The lowest BCUT2D eigenvalue weighted by atomic mass is 10.1. The molecular weight excluding hydrogens is 424 g/mol. The van der Waals surface area contributed by atoms with Gasteiger partial charge in [-0.25, -0.2) is 16.8 Å². The summed E-state index contributed by atoms with van der Waals surface area (Å²) in [6, 6.07) is 8.79. The summed E-state index contributed by atoms with van der Waals surface area (Å²) in [5.74, 6) is -0.555. The van der Waals surface area contributed by atoms with Crippen LogP contribution in [0.1, 0.15) is 29.3 Å². The molecule has 10 heteroatoms. The maximum Gasteiger partial charge on any atom is 0.255 e. The van der Waals surface area contributed by atoms with Gasteiger partial charge in [0.25, 0.3) is 5.91 Å². The molecule has 2 aromatic rings. The fourth-order valence-corrected chi connectivity index (χ4v) is 4.99. The van der Waals surface area contributed by atoms with E-state index >= 15 is 0 Å². The standard InChI is InChI=1S/C18H21ClN2O5S2/c1-4-10-28(25,26)21-16-7-5-6-15(12(16)2)20-18(22)13-8-9-14(19)17(11-13)27(3,23)24/h5-9,11,21H,4,10H2,1-3H3,(H,20,22). The summed E-state index contributed by atoms with van der Waals surface area (Å²) in [5.41, 5.74) is 1.41. The molecule has 0 aromatic heterocycles. The topological polar surface area (TPSA) is 109 Å². The second-order valence-corrected chi connectivity index (χ2v) is 10.5. The predicted octanol–water partition coefficient (Wildman–Crippen LogP) is 3.46. The van der Waals surface area contributed by atoms with Crippen LogP contribution in [0, 0.1) is 6.92 Å². The lowest BCUT2D eigenvalue weighted by molar-refractivity contribution is 0.102. The Labute approximate surface area is 170 Å². The Bertz CT molecular complexity index is 1110. The van der Waals surface area contributed by atoms with Crippen molar-refractivity contribution in [3.63, 3.8) is 0 Å². The fraction of sp³-hybridized carbons (Fsp3) is 0.278. The summed E-state index contributed by atoms with van der Waals surface area (Å²) < 4.78 is 50.1. The predicted molar refractivity (Wildman–Crippen MR) is 111 cm³/mol. The third-order valence-electron chi connectivity index (χ3n) is 3.91. The van der Waals surface area contributed by atoms with Gasteiger partial charge >= 0.3 is 0 Å². The molecule has 28 heavy (non-hydrogen) atoms. The van der Waals surface area contributed by atoms with E-state index in [0.717, 1.165) is 6.26 Å². The molecule has 0 heterocycles. The first kappa shape index (κ1) is 22.2. The zero-order valence-electron chi connectivity index (χ0n) is 15.6. The van der Waals surface area contributed by atoms with Crippen molar-refractivity contribution in [1.29, 1.82) is 0 Å². The number of hydrogen-bond donors (Lipinski definition) is 2. The number of amides is 1. The van der Waals surface area contributed by atoms with Crippen molar-refractivity contribution in [2.24, 2.45) is 0 Å². The molecular formula is C18H21ClN2O5S2. The Morgan fingerprint density at radius 2 is 1.71 bits per heavy atom. The van der Waals surface area contributed by atoms with Crippen LogP contribution in [-0.2, 0) is 19.9 Å². The van der Waals surface area contributed by atoms with E-state index in [9.17, 15) is 21.6 Å². The molecule has 2 N–H and O–H groups in total. The largest absolute Gasteiger partial charge is 0.322 e. The summed E-state index contributed by atoms with van der Waals surface area (Å²) in [6.07, 6.45) is 1.48. The first-order valence-corrected chi connectivity index (χ1v) is 12.3. The number of carbonyl (C=O) groups excluding carboxylic acids is 1. The average Bonchev–Trinajstić information content (AvgIpc) is 2.57. The van der Waals surface area contributed by atoms with Crippen molar-refractivity contribution in [3.05, 3.63) is 52.5 Å². The van der Waals surface area contributed by atoms with Crippen LogP contribution in [0.4, 0.5) is 11.4 Å². The quantitative estimate of drug-likeness (QED) is 0.679. The average molecular weight is 445 g/mol. The Kier molecular flexibility index (Phi) is 6.74. The normalized spacial score (nSPS) is 11.9. The third kappa shape index (κ3) is 5.46. The molecule has 0 saturated carbocycles. The van der Waals surface area contributed by atoms with Gasteiger partial charge in [0.05, 0.1) is 21.4 Å².